The summed E-state index contributed by atoms with van der Waals surface area (Å²) in [6.07, 6.45) is 0. The minimum atomic E-state index is -3.83. The van der Waals surface area contributed by atoms with Crippen LogP contribution in [0.3, 0.4) is 0 Å². The van der Waals surface area contributed by atoms with Crippen LogP contribution >= 0.6 is 11.6 Å². The zero-order valence-corrected chi connectivity index (χ0v) is 17.5. The quantitative estimate of drug-likeness (QED) is 0.711. The summed E-state index contributed by atoms with van der Waals surface area (Å²) in [4.78, 5) is 14.3. The zero-order valence-electron chi connectivity index (χ0n) is 15.9. The van der Waals surface area contributed by atoms with Gasteiger partial charge in [-0.2, -0.15) is 4.31 Å². The summed E-state index contributed by atoms with van der Waals surface area (Å²) in [5, 5.41) is 0.238. The molecule has 2 aromatic carbocycles. The van der Waals surface area contributed by atoms with E-state index in [0.29, 0.717) is 17.1 Å². The van der Waals surface area contributed by atoms with Gasteiger partial charge in [-0.1, -0.05) is 17.7 Å². The van der Waals surface area contributed by atoms with Gasteiger partial charge in [-0.3, -0.25) is 4.79 Å². The number of methoxy groups -OCH3 is 2. The standard InChI is InChI=1S/C19H20ClFN2O5S/c1-27-17-11-13(10-16(20)18(17)28-2)19(24)22-6-8-23(9-7-22)29(25,26)15-5-3-4-14(21)12-15/h3-5,10-12H,6-9H2,1-2H3. The van der Waals surface area contributed by atoms with E-state index in [0.717, 1.165) is 6.07 Å². The van der Waals surface area contributed by atoms with Gasteiger partial charge in [0.1, 0.15) is 5.82 Å². The summed E-state index contributed by atoms with van der Waals surface area (Å²) < 4.78 is 50.4. The van der Waals surface area contributed by atoms with Crippen molar-refractivity contribution in [1.29, 1.82) is 0 Å². The lowest BCUT2D eigenvalue weighted by Crippen LogP contribution is -2.50. The molecule has 0 bridgehead atoms. The summed E-state index contributed by atoms with van der Waals surface area (Å²) in [5.74, 6) is -0.256. The second-order valence-electron chi connectivity index (χ2n) is 6.35. The second-order valence-corrected chi connectivity index (χ2v) is 8.69. The molecule has 1 aliphatic heterocycles. The van der Waals surface area contributed by atoms with Gasteiger partial charge in [-0.25, -0.2) is 12.8 Å². The van der Waals surface area contributed by atoms with Gasteiger partial charge < -0.3 is 14.4 Å². The number of hydrogen-bond donors (Lipinski definition) is 0. The van der Waals surface area contributed by atoms with Gasteiger partial charge in [-0.15, -0.1) is 0 Å². The topological polar surface area (TPSA) is 76.2 Å². The van der Waals surface area contributed by atoms with Crippen LogP contribution < -0.4 is 9.47 Å². The van der Waals surface area contributed by atoms with E-state index in [1.165, 1.54) is 53.8 Å². The highest BCUT2D eigenvalue weighted by molar-refractivity contribution is 7.89. The molecule has 1 fully saturated rings. The fraction of sp³-hybridized carbons (Fsp3) is 0.316. The lowest BCUT2D eigenvalue weighted by molar-refractivity contribution is 0.0697. The van der Waals surface area contributed by atoms with E-state index in [-0.39, 0.29) is 42.0 Å². The number of ether oxygens (including phenoxy) is 2. The van der Waals surface area contributed by atoms with E-state index in [2.05, 4.69) is 0 Å². The van der Waals surface area contributed by atoms with E-state index >= 15 is 0 Å². The molecule has 7 nitrogen and oxygen atoms in total. The Morgan fingerprint density at radius 3 is 2.34 bits per heavy atom. The highest BCUT2D eigenvalue weighted by Gasteiger charge is 2.31. The van der Waals surface area contributed by atoms with Gasteiger partial charge in [0.2, 0.25) is 10.0 Å². The minimum Gasteiger partial charge on any atom is -0.493 e. The van der Waals surface area contributed by atoms with Gasteiger partial charge in [-0.05, 0) is 30.3 Å². The largest absolute Gasteiger partial charge is 0.493 e. The van der Waals surface area contributed by atoms with E-state index in [1.807, 2.05) is 0 Å². The first-order valence-corrected chi connectivity index (χ1v) is 10.6. The Labute approximate surface area is 173 Å². The van der Waals surface area contributed by atoms with Crippen LogP contribution in [0.15, 0.2) is 41.3 Å². The van der Waals surface area contributed by atoms with Crippen LogP contribution in [-0.2, 0) is 10.0 Å². The SMILES string of the molecule is COc1cc(C(=O)N2CCN(S(=O)(=O)c3cccc(F)c3)CC2)cc(Cl)c1OC. The highest BCUT2D eigenvalue weighted by atomic mass is 35.5. The molecule has 0 aromatic heterocycles. The molecule has 0 aliphatic carbocycles. The lowest BCUT2D eigenvalue weighted by atomic mass is 10.1. The number of carbonyl (C=O) groups excluding carboxylic acids is 1. The maximum Gasteiger partial charge on any atom is 0.254 e. The molecular weight excluding hydrogens is 423 g/mol. The van der Waals surface area contributed by atoms with E-state index in [1.54, 1.807) is 0 Å². The first-order valence-electron chi connectivity index (χ1n) is 8.74. The van der Waals surface area contributed by atoms with Crippen molar-refractivity contribution in [2.75, 3.05) is 40.4 Å². The molecule has 1 heterocycles. The van der Waals surface area contributed by atoms with Crippen molar-refractivity contribution in [3.05, 3.63) is 52.8 Å². The summed E-state index contributed by atoms with van der Waals surface area (Å²) in [6, 6.07) is 7.89. The molecule has 1 amide bonds. The van der Waals surface area contributed by atoms with Crippen LogP contribution in [0, 0.1) is 5.82 Å². The number of sulfonamides is 1. The molecule has 0 spiro atoms. The normalized spacial score (nSPS) is 15.2. The van der Waals surface area contributed by atoms with E-state index < -0.39 is 15.8 Å². The Hall–Kier alpha value is -2.36. The third-order valence-electron chi connectivity index (χ3n) is 4.64. The summed E-state index contributed by atoms with van der Waals surface area (Å²) in [6.45, 7) is 0.593. The Morgan fingerprint density at radius 1 is 1.07 bits per heavy atom. The molecule has 10 heteroatoms. The Bertz CT molecular complexity index is 1020. The van der Waals surface area contributed by atoms with Crippen molar-refractivity contribution in [2.45, 2.75) is 4.90 Å². The molecular formula is C19H20ClFN2O5S. The first kappa shape index (κ1) is 21.4. The summed E-state index contributed by atoms with van der Waals surface area (Å²) in [5.41, 5.74) is 0.314. The Balaban J connectivity index is 1.74. The third-order valence-corrected chi connectivity index (χ3v) is 6.82. The molecule has 0 saturated carbocycles. The molecule has 0 N–H and O–H groups in total. The van der Waals surface area contributed by atoms with Gasteiger partial charge in [0.15, 0.2) is 11.5 Å². The van der Waals surface area contributed by atoms with Gasteiger partial charge >= 0.3 is 0 Å². The number of rotatable bonds is 5. The highest BCUT2D eigenvalue weighted by Crippen LogP contribution is 2.36. The smallest absolute Gasteiger partial charge is 0.254 e. The van der Waals surface area contributed by atoms with Crippen molar-refractivity contribution in [2.24, 2.45) is 0 Å². The predicted molar refractivity (Wildman–Crippen MR) is 106 cm³/mol. The molecule has 0 unspecified atom stereocenters. The fourth-order valence-electron chi connectivity index (χ4n) is 3.13. The van der Waals surface area contributed by atoms with Crippen LogP contribution in [0.5, 0.6) is 11.5 Å². The monoisotopic (exact) mass is 442 g/mol. The average Bonchev–Trinajstić information content (AvgIpc) is 2.72. The van der Waals surface area contributed by atoms with Crippen molar-refractivity contribution in [3.63, 3.8) is 0 Å². The number of amides is 1. The van der Waals surface area contributed by atoms with Crippen LogP contribution in [-0.4, -0.2) is 63.9 Å². The molecule has 29 heavy (non-hydrogen) atoms. The number of nitrogens with zero attached hydrogens (tertiary/aromatic N) is 2. The predicted octanol–water partition coefficient (Wildman–Crippen LogP) is 2.64. The van der Waals surface area contributed by atoms with Crippen LogP contribution in [0.2, 0.25) is 5.02 Å². The van der Waals surface area contributed by atoms with Crippen molar-refractivity contribution in [1.82, 2.24) is 9.21 Å². The minimum absolute atomic E-state index is 0.103. The zero-order chi connectivity index (χ0) is 21.2. The lowest BCUT2D eigenvalue weighted by Gasteiger charge is -2.34. The Kier molecular flexibility index (Phi) is 6.30. The molecule has 0 radical (unpaired) electrons. The van der Waals surface area contributed by atoms with Gasteiger partial charge in [0.05, 0.1) is 24.1 Å². The van der Waals surface area contributed by atoms with Crippen molar-refractivity contribution in [3.8, 4) is 11.5 Å². The van der Waals surface area contributed by atoms with Crippen LogP contribution in [0.4, 0.5) is 4.39 Å². The third kappa shape index (κ3) is 4.31. The van der Waals surface area contributed by atoms with Crippen molar-refractivity contribution < 1.29 is 27.1 Å². The number of hydrogen-bond acceptors (Lipinski definition) is 5. The molecule has 2 aromatic rings. The van der Waals surface area contributed by atoms with Gasteiger partial charge in [0, 0.05) is 31.7 Å². The average molecular weight is 443 g/mol. The molecule has 1 aliphatic rings. The fourth-order valence-corrected chi connectivity index (χ4v) is 4.87. The number of piperazine rings is 1. The molecule has 156 valence electrons. The molecule has 3 rings (SSSR count). The van der Waals surface area contributed by atoms with Gasteiger partial charge in [0.25, 0.3) is 5.91 Å². The number of benzene rings is 2. The summed E-state index contributed by atoms with van der Waals surface area (Å²) >= 11 is 6.17. The summed E-state index contributed by atoms with van der Waals surface area (Å²) in [7, 11) is -0.936. The second kappa shape index (κ2) is 8.56. The van der Waals surface area contributed by atoms with E-state index in [4.69, 9.17) is 21.1 Å². The number of carbonyl (C=O) groups is 1. The van der Waals surface area contributed by atoms with E-state index in [9.17, 15) is 17.6 Å². The Morgan fingerprint density at radius 2 is 1.76 bits per heavy atom. The maximum atomic E-state index is 13.4. The molecule has 1 saturated heterocycles. The van der Waals surface area contributed by atoms with Crippen molar-refractivity contribution >= 4 is 27.5 Å². The maximum absolute atomic E-state index is 13.4. The first-order chi connectivity index (χ1) is 13.8. The number of halogens is 2. The van der Waals surface area contributed by atoms with Crippen LogP contribution in [0.25, 0.3) is 0 Å². The molecule has 0 atom stereocenters. The van der Waals surface area contributed by atoms with Crippen LogP contribution in [0.1, 0.15) is 10.4 Å².